The first kappa shape index (κ1) is 27.9. The fraction of sp³-hybridized carbons (Fsp3) is 0.440. The van der Waals surface area contributed by atoms with Gasteiger partial charge < -0.3 is 10.2 Å². The molecule has 0 fully saturated rings. The van der Waals surface area contributed by atoms with Crippen molar-refractivity contribution in [1.29, 1.82) is 0 Å². The molecule has 2 rings (SSSR count). The van der Waals surface area contributed by atoms with Gasteiger partial charge in [-0.25, -0.2) is 8.42 Å². The lowest BCUT2D eigenvalue weighted by molar-refractivity contribution is -0.140. The topological polar surface area (TPSA) is 86.8 Å². The van der Waals surface area contributed by atoms with E-state index in [0.29, 0.717) is 5.69 Å². The van der Waals surface area contributed by atoms with E-state index in [2.05, 4.69) is 21.2 Å². The number of hydrogen-bond acceptors (Lipinski definition) is 4. The molecule has 1 unspecified atom stereocenters. The predicted molar refractivity (Wildman–Crippen MR) is 140 cm³/mol. The Labute approximate surface area is 211 Å². The van der Waals surface area contributed by atoms with E-state index in [1.807, 2.05) is 65.0 Å². The van der Waals surface area contributed by atoms with Gasteiger partial charge in [0.1, 0.15) is 12.6 Å². The van der Waals surface area contributed by atoms with Crippen LogP contribution in [0.1, 0.15) is 44.4 Å². The molecule has 0 aromatic heterocycles. The van der Waals surface area contributed by atoms with Crippen LogP contribution in [-0.2, 0) is 26.2 Å². The lowest BCUT2D eigenvalue weighted by atomic mass is 10.1. The van der Waals surface area contributed by atoms with E-state index in [9.17, 15) is 18.0 Å². The number of sulfonamides is 1. The fourth-order valence-electron chi connectivity index (χ4n) is 3.60. The molecule has 0 radical (unpaired) electrons. The van der Waals surface area contributed by atoms with E-state index < -0.39 is 34.1 Å². The maximum atomic E-state index is 13.6. The summed E-state index contributed by atoms with van der Waals surface area (Å²) < 4.78 is 27.3. The number of aryl methyl sites for hydroxylation is 2. The molecule has 2 amide bonds. The summed E-state index contributed by atoms with van der Waals surface area (Å²) in [5.74, 6) is -0.783. The van der Waals surface area contributed by atoms with Gasteiger partial charge >= 0.3 is 0 Å². The Morgan fingerprint density at radius 2 is 1.65 bits per heavy atom. The summed E-state index contributed by atoms with van der Waals surface area (Å²) in [6, 6.07) is 12.0. The van der Waals surface area contributed by atoms with Gasteiger partial charge in [-0.1, -0.05) is 34.1 Å². The van der Waals surface area contributed by atoms with Crippen LogP contribution in [0.15, 0.2) is 46.9 Å². The molecule has 0 heterocycles. The molecular weight excluding hydrogens is 518 g/mol. The van der Waals surface area contributed by atoms with Crippen molar-refractivity contribution in [3.8, 4) is 0 Å². The van der Waals surface area contributed by atoms with Crippen molar-refractivity contribution < 1.29 is 18.0 Å². The van der Waals surface area contributed by atoms with Gasteiger partial charge in [0.05, 0.1) is 11.9 Å². The number of nitrogens with zero attached hydrogens (tertiary/aromatic N) is 2. The molecule has 2 aromatic rings. The molecule has 186 valence electrons. The number of halogens is 1. The van der Waals surface area contributed by atoms with Crippen molar-refractivity contribution in [2.45, 2.75) is 59.7 Å². The summed E-state index contributed by atoms with van der Waals surface area (Å²) >= 11 is 3.44. The van der Waals surface area contributed by atoms with Crippen LogP contribution in [0.3, 0.4) is 0 Å². The zero-order valence-corrected chi connectivity index (χ0v) is 23.2. The molecule has 0 saturated heterocycles. The number of nitrogens with one attached hydrogen (secondary N) is 1. The Kier molecular flexibility index (Phi) is 8.93. The van der Waals surface area contributed by atoms with Crippen LogP contribution in [0.2, 0.25) is 0 Å². The first-order valence-electron chi connectivity index (χ1n) is 11.0. The van der Waals surface area contributed by atoms with Crippen molar-refractivity contribution in [2.75, 3.05) is 17.1 Å². The van der Waals surface area contributed by atoms with Crippen LogP contribution in [0.25, 0.3) is 0 Å². The van der Waals surface area contributed by atoms with Crippen molar-refractivity contribution in [3.05, 3.63) is 63.6 Å². The molecule has 1 N–H and O–H groups in total. The zero-order chi connectivity index (χ0) is 25.8. The third-order valence-electron chi connectivity index (χ3n) is 5.08. The van der Waals surface area contributed by atoms with E-state index in [1.54, 1.807) is 19.1 Å². The monoisotopic (exact) mass is 551 g/mol. The number of benzene rings is 2. The third kappa shape index (κ3) is 8.13. The predicted octanol–water partition coefficient (Wildman–Crippen LogP) is 4.16. The number of anilines is 1. The summed E-state index contributed by atoms with van der Waals surface area (Å²) in [7, 11) is -3.76. The zero-order valence-electron chi connectivity index (χ0n) is 20.8. The van der Waals surface area contributed by atoms with Crippen LogP contribution in [0.4, 0.5) is 5.69 Å². The maximum absolute atomic E-state index is 13.6. The Morgan fingerprint density at radius 3 is 2.15 bits per heavy atom. The van der Waals surface area contributed by atoms with Crippen LogP contribution >= 0.6 is 15.9 Å². The van der Waals surface area contributed by atoms with E-state index in [1.165, 1.54) is 4.90 Å². The summed E-state index contributed by atoms with van der Waals surface area (Å²) in [6.07, 6.45) is 1.08. The van der Waals surface area contributed by atoms with Gasteiger partial charge in [-0.3, -0.25) is 13.9 Å². The first-order valence-corrected chi connectivity index (χ1v) is 13.6. The molecule has 34 heavy (non-hydrogen) atoms. The van der Waals surface area contributed by atoms with E-state index >= 15 is 0 Å². The number of carbonyl (C=O) groups is 2. The minimum atomic E-state index is -3.76. The third-order valence-corrected chi connectivity index (χ3v) is 6.71. The van der Waals surface area contributed by atoms with Crippen molar-refractivity contribution in [2.24, 2.45) is 0 Å². The minimum absolute atomic E-state index is 0.154. The molecule has 0 aliphatic rings. The lowest BCUT2D eigenvalue weighted by Crippen LogP contribution is -2.54. The average Bonchev–Trinajstić information content (AvgIpc) is 2.66. The second-order valence-electron chi connectivity index (χ2n) is 9.68. The highest BCUT2D eigenvalue weighted by molar-refractivity contribution is 9.10. The highest BCUT2D eigenvalue weighted by Gasteiger charge is 2.31. The number of amides is 2. The van der Waals surface area contributed by atoms with Gasteiger partial charge in [0.25, 0.3) is 0 Å². The van der Waals surface area contributed by atoms with Gasteiger partial charge in [-0.05, 0) is 82.5 Å². The standard InChI is InChI=1S/C25H34BrN3O4S/c1-17-11-18(2)13-22(12-17)29(34(7,32)33)16-23(30)28(15-20-9-8-10-21(26)14-20)19(3)24(31)27-25(4,5)6/h8-14,19H,15-16H2,1-7H3,(H,27,31). The van der Waals surface area contributed by atoms with Gasteiger partial charge in [0, 0.05) is 16.6 Å². The first-order chi connectivity index (χ1) is 15.6. The molecule has 2 aromatic carbocycles. The fourth-order valence-corrected chi connectivity index (χ4v) is 4.88. The molecule has 1 atom stereocenters. The van der Waals surface area contributed by atoms with E-state index in [0.717, 1.165) is 31.7 Å². The lowest BCUT2D eigenvalue weighted by Gasteiger charge is -2.33. The van der Waals surface area contributed by atoms with Crippen molar-refractivity contribution >= 4 is 43.5 Å². The Hall–Kier alpha value is -2.39. The van der Waals surface area contributed by atoms with Crippen LogP contribution in [0, 0.1) is 13.8 Å². The SMILES string of the molecule is Cc1cc(C)cc(N(CC(=O)N(Cc2cccc(Br)c2)C(C)C(=O)NC(C)(C)C)S(C)(=O)=O)c1. The van der Waals surface area contributed by atoms with Gasteiger partial charge in [0.2, 0.25) is 21.8 Å². The highest BCUT2D eigenvalue weighted by Crippen LogP contribution is 2.23. The Balaban J connectivity index is 2.44. The van der Waals surface area contributed by atoms with E-state index in [4.69, 9.17) is 0 Å². The van der Waals surface area contributed by atoms with Crippen LogP contribution in [0.5, 0.6) is 0 Å². The summed E-state index contributed by atoms with van der Waals surface area (Å²) in [5, 5.41) is 2.91. The normalized spacial score (nSPS) is 12.7. The molecule has 0 spiro atoms. The molecule has 0 aliphatic carbocycles. The summed E-state index contributed by atoms with van der Waals surface area (Å²) in [4.78, 5) is 28.0. The summed E-state index contributed by atoms with van der Waals surface area (Å²) in [6.45, 7) is 10.7. The number of carbonyl (C=O) groups excluding carboxylic acids is 2. The minimum Gasteiger partial charge on any atom is -0.350 e. The average molecular weight is 553 g/mol. The number of hydrogen-bond donors (Lipinski definition) is 1. The molecule has 0 saturated carbocycles. The molecule has 9 heteroatoms. The highest BCUT2D eigenvalue weighted by atomic mass is 79.9. The molecule has 0 bridgehead atoms. The second-order valence-corrected chi connectivity index (χ2v) is 12.5. The summed E-state index contributed by atoms with van der Waals surface area (Å²) in [5.41, 5.74) is 2.53. The van der Waals surface area contributed by atoms with Crippen molar-refractivity contribution in [3.63, 3.8) is 0 Å². The van der Waals surface area contributed by atoms with Crippen molar-refractivity contribution in [1.82, 2.24) is 10.2 Å². The Morgan fingerprint density at radius 1 is 1.06 bits per heavy atom. The molecular formula is C25H34BrN3O4S. The molecule has 0 aliphatic heterocycles. The van der Waals surface area contributed by atoms with E-state index in [-0.39, 0.29) is 12.5 Å². The van der Waals surface area contributed by atoms with Gasteiger partial charge in [-0.15, -0.1) is 0 Å². The molecule has 7 nitrogen and oxygen atoms in total. The second kappa shape index (κ2) is 10.9. The quantitative estimate of drug-likeness (QED) is 0.533. The number of rotatable bonds is 8. The smallest absolute Gasteiger partial charge is 0.244 e. The van der Waals surface area contributed by atoms with Crippen LogP contribution < -0.4 is 9.62 Å². The van der Waals surface area contributed by atoms with Crippen LogP contribution in [-0.4, -0.2) is 49.5 Å². The van der Waals surface area contributed by atoms with Gasteiger partial charge in [-0.2, -0.15) is 0 Å². The van der Waals surface area contributed by atoms with Gasteiger partial charge in [0.15, 0.2) is 0 Å². The Bertz CT molecular complexity index is 1140. The largest absolute Gasteiger partial charge is 0.350 e. The maximum Gasteiger partial charge on any atom is 0.244 e.